The summed E-state index contributed by atoms with van der Waals surface area (Å²) >= 11 is 7.57. The van der Waals surface area contributed by atoms with Gasteiger partial charge >= 0.3 is 0 Å². The van der Waals surface area contributed by atoms with Gasteiger partial charge in [0.25, 0.3) is 11.8 Å². The number of amides is 2. The summed E-state index contributed by atoms with van der Waals surface area (Å²) < 4.78 is 6.57. The number of hydrogen-bond donors (Lipinski definition) is 2. The lowest BCUT2D eigenvalue weighted by molar-refractivity contribution is -0.128. The minimum absolute atomic E-state index is 0.0413. The second-order valence-corrected chi connectivity index (χ2v) is 9.15. The molecule has 1 atom stereocenters. The predicted molar refractivity (Wildman–Crippen MR) is 118 cm³/mol. The average molecular weight is 431 g/mol. The van der Waals surface area contributed by atoms with Crippen LogP contribution in [0.2, 0.25) is 5.02 Å². The molecule has 1 aromatic heterocycles. The van der Waals surface area contributed by atoms with Crippen molar-refractivity contribution in [2.45, 2.75) is 39.2 Å². The maximum Gasteiger partial charge on any atom is 0.281 e. The largest absolute Gasteiger partial charge is 0.481 e. The molecule has 2 aromatic carbocycles. The van der Waals surface area contributed by atoms with Crippen molar-refractivity contribution in [3.63, 3.8) is 0 Å². The molecule has 0 radical (unpaired) electrons. The number of halogens is 1. The Morgan fingerprint density at radius 1 is 1.03 bits per heavy atom. The molecule has 7 heteroatoms. The van der Waals surface area contributed by atoms with E-state index in [0.29, 0.717) is 15.6 Å². The number of carbonyl (C=O) groups excluding carboxylic acids is 2. The average Bonchev–Trinajstić information content (AvgIpc) is 3.02. The van der Waals surface area contributed by atoms with Gasteiger partial charge in [0.05, 0.1) is 5.02 Å². The van der Waals surface area contributed by atoms with Crippen molar-refractivity contribution >= 4 is 44.8 Å². The van der Waals surface area contributed by atoms with Gasteiger partial charge < -0.3 is 4.74 Å². The highest BCUT2D eigenvalue weighted by Gasteiger charge is 2.20. The summed E-state index contributed by atoms with van der Waals surface area (Å²) in [6.45, 7) is 8.00. The number of thiophene rings is 1. The molecule has 2 amide bonds. The normalized spacial score (nSPS) is 12.4. The highest BCUT2D eigenvalue weighted by Crippen LogP contribution is 2.34. The molecule has 29 heavy (non-hydrogen) atoms. The van der Waals surface area contributed by atoms with E-state index in [1.165, 1.54) is 16.9 Å². The lowest BCUT2D eigenvalue weighted by Gasteiger charge is -2.20. The smallest absolute Gasteiger partial charge is 0.281 e. The number of rotatable bonds is 4. The van der Waals surface area contributed by atoms with Crippen LogP contribution in [0.4, 0.5) is 0 Å². The van der Waals surface area contributed by atoms with Gasteiger partial charge in [0, 0.05) is 10.1 Å². The van der Waals surface area contributed by atoms with Crippen molar-refractivity contribution in [3.05, 3.63) is 64.0 Å². The van der Waals surface area contributed by atoms with Crippen molar-refractivity contribution in [2.75, 3.05) is 0 Å². The second kappa shape index (κ2) is 8.43. The Balaban J connectivity index is 1.58. The first-order valence-electron chi connectivity index (χ1n) is 9.21. The van der Waals surface area contributed by atoms with E-state index in [4.69, 9.17) is 16.3 Å². The first-order valence-corrected chi connectivity index (χ1v) is 10.4. The Bertz CT molecular complexity index is 1040. The molecule has 0 fully saturated rings. The molecule has 5 nitrogen and oxygen atoms in total. The van der Waals surface area contributed by atoms with E-state index in [2.05, 4.69) is 31.6 Å². The summed E-state index contributed by atoms with van der Waals surface area (Å²) in [6, 6.07) is 15.1. The third-order valence-corrected chi connectivity index (χ3v) is 6.12. The van der Waals surface area contributed by atoms with Crippen molar-refractivity contribution in [1.29, 1.82) is 0 Å². The van der Waals surface area contributed by atoms with E-state index in [-0.39, 0.29) is 5.41 Å². The molecule has 0 spiro atoms. The molecule has 0 saturated heterocycles. The van der Waals surface area contributed by atoms with Gasteiger partial charge in [-0.1, -0.05) is 62.7 Å². The lowest BCUT2D eigenvalue weighted by Crippen LogP contribution is -2.47. The molecule has 1 unspecified atom stereocenters. The highest BCUT2D eigenvalue weighted by atomic mass is 35.5. The Morgan fingerprint density at radius 3 is 2.31 bits per heavy atom. The van der Waals surface area contributed by atoms with Gasteiger partial charge in [-0.25, -0.2) is 0 Å². The maximum atomic E-state index is 12.4. The summed E-state index contributed by atoms with van der Waals surface area (Å²) in [6.07, 6.45) is -0.784. The molecule has 3 rings (SSSR count). The number of hydrazine groups is 1. The van der Waals surface area contributed by atoms with Crippen LogP contribution in [0.1, 0.15) is 42.9 Å². The number of nitrogens with one attached hydrogen (secondary N) is 2. The first kappa shape index (κ1) is 21.1. The van der Waals surface area contributed by atoms with Gasteiger partial charge in [0.15, 0.2) is 6.10 Å². The van der Waals surface area contributed by atoms with Crippen molar-refractivity contribution in [2.24, 2.45) is 0 Å². The van der Waals surface area contributed by atoms with E-state index >= 15 is 0 Å². The van der Waals surface area contributed by atoms with Crippen molar-refractivity contribution in [1.82, 2.24) is 10.9 Å². The number of fused-ring (bicyclic) bond motifs is 1. The fourth-order valence-corrected chi connectivity index (χ4v) is 4.14. The van der Waals surface area contributed by atoms with Crippen LogP contribution in [0.3, 0.4) is 0 Å². The molecule has 152 valence electrons. The van der Waals surface area contributed by atoms with Crippen LogP contribution in [0, 0.1) is 0 Å². The van der Waals surface area contributed by atoms with Crippen LogP contribution in [0.25, 0.3) is 10.1 Å². The molecular weight excluding hydrogens is 408 g/mol. The van der Waals surface area contributed by atoms with Gasteiger partial charge in [0.1, 0.15) is 10.6 Å². The van der Waals surface area contributed by atoms with Crippen molar-refractivity contribution < 1.29 is 14.3 Å². The first-order chi connectivity index (χ1) is 13.7. The summed E-state index contributed by atoms with van der Waals surface area (Å²) in [5, 5.41) is 1.19. The zero-order valence-corrected chi connectivity index (χ0v) is 18.3. The van der Waals surface area contributed by atoms with Crippen LogP contribution < -0.4 is 15.6 Å². The quantitative estimate of drug-likeness (QED) is 0.567. The molecule has 1 heterocycles. The third kappa shape index (κ3) is 4.89. The Morgan fingerprint density at radius 2 is 1.69 bits per heavy atom. The van der Waals surface area contributed by atoms with Gasteiger partial charge in [-0.3, -0.25) is 20.4 Å². The zero-order chi connectivity index (χ0) is 21.2. The molecule has 3 aromatic rings. The van der Waals surface area contributed by atoms with Crippen LogP contribution in [-0.2, 0) is 10.2 Å². The molecule has 0 aliphatic rings. The predicted octanol–water partition coefficient (Wildman–Crippen LogP) is 5.08. The zero-order valence-electron chi connectivity index (χ0n) is 16.7. The van der Waals surface area contributed by atoms with Crippen molar-refractivity contribution in [3.8, 4) is 5.75 Å². The molecule has 2 N–H and O–H groups in total. The fraction of sp³-hybridized carbons (Fsp3) is 0.273. The number of benzene rings is 2. The van der Waals surface area contributed by atoms with E-state index in [0.717, 1.165) is 10.1 Å². The van der Waals surface area contributed by atoms with Gasteiger partial charge in [-0.15, -0.1) is 11.3 Å². The Kier molecular flexibility index (Phi) is 6.15. The summed E-state index contributed by atoms with van der Waals surface area (Å²) in [7, 11) is 0. The third-order valence-electron chi connectivity index (χ3n) is 4.44. The summed E-state index contributed by atoms with van der Waals surface area (Å²) in [5.41, 5.74) is 6.01. The second-order valence-electron chi connectivity index (χ2n) is 7.72. The number of hydrogen-bond acceptors (Lipinski definition) is 4. The molecular formula is C22H23ClN2O3S. The summed E-state index contributed by atoms with van der Waals surface area (Å²) in [4.78, 5) is 25.0. The van der Waals surface area contributed by atoms with Gasteiger partial charge in [-0.05, 0) is 36.1 Å². The SMILES string of the molecule is CC(Oc1ccc(C(C)(C)C)cc1)C(=O)NNC(=O)c1sc2ccccc2c1Cl. The topological polar surface area (TPSA) is 67.4 Å². The fourth-order valence-electron chi connectivity index (χ4n) is 2.73. The molecule has 0 saturated carbocycles. The van der Waals surface area contributed by atoms with Crippen LogP contribution in [0.15, 0.2) is 48.5 Å². The minimum atomic E-state index is -0.784. The van der Waals surface area contributed by atoms with E-state index in [9.17, 15) is 9.59 Å². The maximum absolute atomic E-state index is 12.4. The van der Waals surface area contributed by atoms with E-state index < -0.39 is 17.9 Å². The number of carbonyl (C=O) groups is 2. The Hall–Kier alpha value is -2.57. The highest BCUT2D eigenvalue weighted by molar-refractivity contribution is 7.21. The van der Waals surface area contributed by atoms with Crippen LogP contribution >= 0.6 is 22.9 Å². The van der Waals surface area contributed by atoms with Gasteiger partial charge in [-0.2, -0.15) is 0 Å². The summed E-state index contributed by atoms with van der Waals surface area (Å²) in [5.74, 6) is -0.346. The van der Waals surface area contributed by atoms with E-state index in [1.807, 2.05) is 48.5 Å². The minimum Gasteiger partial charge on any atom is -0.481 e. The van der Waals surface area contributed by atoms with E-state index in [1.54, 1.807) is 6.92 Å². The Labute approximate surface area is 179 Å². The standard InChI is InChI=1S/C22H23ClN2O3S/c1-13(28-15-11-9-14(10-12-15)22(2,3)4)20(26)24-25-21(27)19-18(23)16-7-5-6-8-17(16)29-19/h5-13H,1-4H3,(H,24,26)(H,25,27). The molecule has 0 aliphatic heterocycles. The number of ether oxygens (including phenoxy) is 1. The molecule has 0 aliphatic carbocycles. The van der Waals surface area contributed by atoms with Crippen LogP contribution in [0.5, 0.6) is 5.75 Å². The molecule has 0 bridgehead atoms. The van der Waals surface area contributed by atoms with Crippen LogP contribution in [-0.4, -0.2) is 17.9 Å². The monoisotopic (exact) mass is 430 g/mol. The lowest BCUT2D eigenvalue weighted by atomic mass is 9.87. The van der Waals surface area contributed by atoms with Gasteiger partial charge in [0.2, 0.25) is 0 Å².